The van der Waals surface area contributed by atoms with Gasteiger partial charge in [-0.3, -0.25) is 0 Å². The number of hydrogen-bond acceptors (Lipinski definition) is 1. The Morgan fingerprint density at radius 3 is 1.70 bits per heavy atom. The summed E-state index contributed by atoms with van der Waals surface area (Å²) < 4.78 is 26.0. The first-order valence-corrected chi connectivity index (χ1v) is 6.20. The van der Waals surface area contributed by atoms with Gasteiger partial charge in [-0.1, -0.05) is 42.5 Å². The van der Waals surface area contributed by atoms with E-state index >= 15 is 0 Å². The topological polar surface area (TPSA) is 20.2 Å². The molecule has 1 nitrogen and oxygen atoms in total. The van der Waals surface area contributed by atoms with E-state index in [-0.39, 0.29) is 18.2 Å². The Morgan fingerprint density at radius 1 is 0.850 bits per heavy atom. The molecule has 0 aliphatic carbocycles. The van der Waals surface area contributed by atoms with Gasteiger partial charge in [0.2, 0.25) is 0 Å². The van der Waals surface area contributed by atoms with Crippen LogP contribution in [-0.2, 0) is 0 Å². The SMILES string of the molecule is OCC=CC=C(c1ccc(F)cc1)c1ccc(F)cc1. The van der Waals surface area contributed by atoms with Gasteiger partial charge in [-0.15, -0.1) is 0 Å². The fraction of sp³-hybridized carbons (Fsp3) is 0.0588. The maximum absolute atomic E-state index is 13.0. The summed E-state index contributed by atoms with van der Waals surface area (Å²) in [5, 5.41) is 8.78. The van der Waals surface area contributed by atoms with Crippen molar-refractivity contribution in [3.63, 3.8) is 0 Å². The number of aliphatic hydroxyl groups excluding tert-OH is 1. The van der Waals surface area contributed by atoms with Gasteiger partial charge < -0.3 is 5.11 Å². The summed E-state index contributed by atoms with van der Waals surface area (Å²) in [6.45, 7) is -0.0589. The molecule has 0 aliphatic heterocycles. The fourth-order valence-corrected chi connectivity index (χ4v) is 1.84. The van der Waals surface area contributed by atoms with Crippen LogP contribution in [0.15, 0.2) is 66.8 Å². The minimum atomic E-state index is -0.307. The van der Waals surface area contributed by atoms with Crippen molar-refractivity contribution in [2.45, 2.75) is 0 Å². The average molecular weight is 272 g/mol. The molecule has 0 fully saturated rings. The Kier molecular flexibility index (Phi) is 4.80. The van der Waals surface area contributed by atoms with Crippen LogP contribution in [0, 0.1) is 11.6 Å². The largest absolute Gasteiger partial charge is 0.392 e. The second kappa shape index (κ2) is 6.78. The molecule has 0 radical (unpaired) electrons. The van der Waals surface area contributed by atoms with Crippen molar-refractivity contribution in [1.82, 2.24) is 0 Å². The fourth-order valence-electron chi connectivity index (χ4n) is 1.84. The van der Waals surface area contributed by atoms with E-state index in [1.54, 1.807) is 42.5 Å². The molecule has 0 bridgehead atoms. The number of halogens is 2. The predicted molar refractivity (Wildman–Crippen MR) is 76.1 cm³/mol. The Morgan fingerprint density at radius 2 is 1.30 bits per heavy atom. The number of aliphatic hydroxyl groups is 1. The molecule has 1 N–H and O–H groups in total. The molecule has 0 atom stereocenters. The quantitative estimate of drug-likeness (QED) is 0.836. The Hall–Kier alpha value is -2.26. The zero-order valence-electron chi connectivity index (χ0n) is 10.8. The zero-order valence-corrected chi connectivity index (χ0v) is 10.8. The van der Waals surface area contributed by atoms with Crippen LogP contribution in [0.5, 0.6) is 0 Å². The van der Waals surface area contributed by atoms with Crippen LogP contribution in [0.1, 0.15) is 11.1 Å². The van der Waals surface area contributed by atoms with E-state index in [0.29, 0.717) is 0 Å². The van der Waals surface area contributed by atoms with Gasteiger partial charge >= 0.3 is 0 Å². The first kappa shape index (κ1) is 14.2. The summed E-state index contributed by atoms with van der Waals surface area (Å²) in [6.07, 6.45) is 5.10. The van der Waals surface area contributed by atoms with Crippen molar-refractivity contribution in [3.8, 4) is 0 Å². The van der Waals surface area contributed by atoms with Crippen LogP contribution in [0.25, 0.3) is 5.57 Å². The normalized spacial score (nSPS) is 10.8. The number of rotatable bonds is 4. The van der Waals surface area contributed by atoms with Crippen molar-refractivity contribution < 1.29 is 13.9 Å². The van der Waals surface area contributed by atoms with Gasteiger partial charge in [0.05, 0.1) is 6.61 Å². The lowest BCUT2D eigenvalue weighted by atomic mass is 9.97. The molecule has 2 aromatic rings. The van der Waals surface area contributed by atoms with Crippen LogP contribution < -0.4 is 0 Å². The molecule has 3 heteroatoms. The highest BCUT2D eigenvalue weighted by molar-refractivity contribution is 5.80. The van der Waals surface area contributed by atoms with Crippen molar-refractivity contribution in [3.05, 3.63) is 89.5 Å². The van der Waals surface area contributed by atoms with Gasteiger partial charge in [0.1, 0.15) is 11.6 Å². The molecular formula is C17H14F2O. The summed E-state index contributed by atoms with van der Waals surface area (Å²) in [4.78, 5) is 0. The van der Waals surface area contributed by atoms with Crippen LogP contribution in [0.4, 0.5) is 8.78 Å². The van der Waals surface area contributed by atoms with Gasteiger partial charge in [-0.25, -0.2) is 8.78 Å². The summed E-state index contributed by atoms with van der Waals surface area (Å²) in [5.41, 5.74) is 2.47. The van der Waals surface area contributed by atoms with Crippen LogP contribution in [0.2, 0.25) is 0 Å². The van der Waals surface area contributed by atoms with Crippen molar-refractivity contribution in [2.75, 3.05) is 6.61 Å². The average Bonchev–Trinajstić information content (AvgIpc) is 2.46. The van der Waals surface area contributed by atoms with E-state index in [4.69, 9.17) is 5.11 Å². The molecule has 0 aliphatic rings. The third-order valence-corrected chi connectivity index (χ3v) is 2.81. The third kappa shape index (κ3) is 3.62. The van der Waals surface area contributed by atoms with Gasteiger partial charge in [0, 0.05) is 0 Å². The molecule has 0 aromatic heterocycles. The zero-order chi connectivity index (χ0) is 14.4. The molecule has 0 saturated heterocycles. The first-order valence-electron chi connectivity index (χ1n) is 6.20. The molecule has 0 heterocycles. The summed E-state index contributed by atoms with van der Waals surface area (Å²) >= 11 is 0. The van der Waals surface area contributed by atoms with E-state index in [9.17, 15) is 8.78 Å². The maximum Gasteiger partial charge on any atom is 0.123 e. The minimum Gasteiger partial charge on any atom is -0.392 e. The van der Waals surface area contributed by atoms with E-state index in [1.807, 2.05) is 0 Å². The second-order valence-corrected chi connectivity index (χ2v) is 4.20. The summed E-state index contributed by atoms with van der Waals surface area (Å²) in [5.74, 6) is -0.615. The lowest BCUT2D eigenvalue weighted by molar-refractivity contribution is 0.343. The Bertz CT molecular complexity index is 563. The van der Waals surface area contributed by atoms with Crippen molar-refractivity contribution in [2.24, 2.45) is 0 Å². The van der Waals surface area contributed by atoms with E-state index < -0.39 is 0 Å². The highest BCUT2D eigenvalue weighted by atomic mass is 19.1. The molecule has 2 aromatic carbocycles. The lowest BCUT2D eigenvalue weighted by Crippen LogP contribution is -1.89. The van der Waals surface area contributed by atoms with E-state index in [1.165, 1.54) is 24.3 Å². The standard InChI is InChI=1S/C17H14F2O/c18-15-8-4-13(5-9-15)17(3-1-2-12-20)14-6-10-16(19)11-7-14/h1-11,20H,12H2. The van der Waals surface area contributed by atoms with E-state index in [2.05, 4.69) is 0 Å². The molecule has 102 valence electrons. The summed E-state index contributed by atoms with van der Waals surface area (Å²) in [7, 11) is 0. The van der Waals surface area contributed by atoms with E-state index in [0.717, 1.165) is 16.7 Å². The minimum absolute atomic E-state index is 0.0589. The Labute approximate surface area is 116 Å². The number of hydrogen-bond donors (Lipinski definition) is 1. The van der Waals surface area contributed by atoms with Crippen molar-refractivity contribution in [1.29, 1.82) is 0 Å². The molecule has 0 amide bonds. The molecular weight excluding hydrogens is 258 g/mol. The first-order chi connectivity index (χ1) is 9.70. The molecule has 2 rings (SSSR count). The summed E-state index contributed by atoms with van der Waals surface area (Å²) in [6, 6.07) is 12.2. The Balaban J connectivity index is 2.44. The van der Waals surface area contributed by atoms with Gasteiger partial charge in [-0.05, 0) is 41.0 Å². The number of allylic oxidation sites excluding steroid dienone is 2. The van der Waals surface area contributed by atoms with Gasteiger partial charge in [0.15, 0.2) is 0 Å². The van der Waals surface area contributed by atoms with Gasteiger partial charge in [0.25, 0.3) is 0 Å². The smallest absolute Gasteiger partial charge is 0.123 e. The predicted octanol–water partition coefficient (Wildman–Crippen LogP) is 3.95. The molecule has 0 spiro atoms. The molecule has 0 saturated carbocycles. The molecule has 20 heavy (non-hydrogen) atoms. The number of benzene rings is 2. The van der Waals surface area contributed by atoms with Crippen LogP contribution in [-0.4, -0.2) is 11.7 Å². The highest BCUT2D eigenvalue weighted by Crippen LogP contribution is 2.24. The van der Waals surface area contributed by atoms with Crippen molar-refractivity contribution >= 4 is 5.57 Å². The maximum atomic E-state index is 13.0. The third-order valence-electron chi connectivity index (χ3n) is 2.81. The van der Waals surface area contributed by atoms with Gasteiger partial charge in [-0.2, -0.15) is 0 Å². The monoisotopic (exact) mass is 272 g/mol. The van der Waals surface area contributed by atoms with Crippen LogP contribution in [0.3, 0.4) is 0 Å². The molecule has 0 unspecified atom stereocenters. The lowest BCUT2D eigenvalue weighted by Gasteiger charge is -2.08. The second-order valence-electron chi connectivity index (χ2n) is 4.20. The van der Waals surface area contributed by atoms with Crippen LogP contribution >= 0.6 is 0 Å². The highest BCUT2D eigenvalue weighted by Gasteiger charge is 2.04.